The number of rotatable bonds is 1. The Kier molecular flexibility index (Phi) is 2.68. The van der Waals surface area contributed by atoms with E-state index in [0.717, 1.165) is 0 Å². The Labute approximate surface area is 56.4 Å². The second kappa shape index (κ2) is 2.90. The lowest BCUT2D eigenvalue weighted by Gasteiger charge is -2.09. The number of amides is 1. The Morgan fingerprint density at radius 2 is 2.00 bits per heavy atom. The smallest absolute Gasteiger partial charge is 0.346 e. The number of nitrogens with one attached hydrogen (secondary N) is 1. The van der Waals surface area contributed by atoms with E-state index < -0.39 is 18.1 Å². The fraction of sp³-hybridized carbons (Fsp3) is 0.600. The maximum atomic E-state index is 11.4. The van der Waals surface area contributed by atoms with Gasteiger partial charge in [0, 0.05) is 6.04 Å². The Hall–Kier alpha value is -0.740. The summed E-state index contributed by atoms with van der Waals surface area (Å²) in [4.78, 5) is 10.00. The second-order valence-corrected chi connectivity index (χ2v) is 1.87. The van der Waals surface area contributed by atoms with Crippen LogP contribution in [0.5, 0.6) is 0 Å². The summed E-state index contributed by atoms with van der Waals surface area (Å²) >= 11 is 0. The first-order valence-corrected chi connectivity index (χ1v) is 2.55. The van der Waals surface area contributed by atoms with Gasteiger partial charge in [0.2, 0.25) is 0 Å². The van der Waals surface area contributed by atoms with Crippen molar-refractivity contribution in [3.8, 4) is 0 Å². The minimum Gasteiger partial charge on any atom is -0.346 e. The molecule has 0 fully saturated rings. The zero-order chi connectivity index (χ0) is 8.36. The van der Waals surface area contributed by atoms with E-state index in [9.17, 15) is 18.0 Å². The standard InChI is InChI=1S/C5H7F3NO/c1-3(2)9-4(10)5(6,7)8/h3H,1H2,2H3,(H,9,10). The molecule has 1 amide bonds. The van der Waals surface area contributed by atoms with E-state index in [2.05, 4.69) is 6.92 Å². The van der Waals surface area contributed by atoms with Crippen LogP contribution in [0.15, 0.2) is 0 Å². The van der Waals surface area contributed by atoms with Gasteiger partial charge in [-0.1, -0.05) is 0 Å². The molecule has 0 spiro atoms. The van der Waals surface area contributed by atoms with Gasteiger partial charge in [0.15, 0.2) is 0 Å². The lowest BCUT2D eigenvalue weighted by molar-refractivity contribution is -0.174. The molecule has 0 aliphatic carbocycles. The molecule has 2 nitrogen and oxygen atoms in total. The summed E-state index contributed by atoms with van der Waals surface area (Å²) in [5.41, 5.74) is 0. The van der Waals surface area contributed by atoms with Crippen LogP contribution in [0.1, 0.15) is 6.92 Å². The summed E-state index contributed by atoms with van der Waals surface area (Å²) in [5, 5.41) is 1.61. The van der Waals surface area contributed by atoms with E-state index >= 15 is 0 Å². The van der Waals surface area contributed by atoms with Crippen LogP contribution in [0.3, 0.4) is 0 Å². The third-order valence-corrected chi connectivity index (χ3v) is 0.635. The minimum absolute atomic E-state index is 0.728. The van der Waals surface area contributed by atoms with Gasteiger partial charge in [0.25, 0.3) is 0 Å². The van der Waals surface area contributed by atoms with Crippen molar-refractivity contribution in [3.05, 3.63) is 6.92 Å². The van der Waals surface area contributed by atoms with Crippen LogP contribution in [0.25, 0.3) is 0 Å². The van der Waals surface area contributed by atoms with Crippen molar-refractivity contribution in [2.75, 3.05) is 0 Å². The predicted octanol–water partition coefficient (Wildman–Crippen LogP) is 0.887. The van der Waals surface area contributed by atoms with Crippen LogP contribution in [0, 0.1) is 6.92 Å². The topological polar surface area (TPSA) is 29.1 Å². The maximum Gasteiger partial charge on any atom is 0.471 e. The second-order valence-electron chi connectivity index (χ2n) is 1.87. The average molecular weight is 154 g/mol. The Balaban J connectivity index is 3.87. The summed E-state index contributed by atoms with van der Waals surface area (Å²) in [5.74, 6) is -1.95. The molecule has 0 heterocycles. The van der Waals surface area contributed by atoms with Crippen molar-refractivity contribution in [1.29, 1.82) is 0 Å². The highest BCUT2D eigenvalue weighted by atomic mass is 19.4. The predicted molar refractivity (Wildman–Crippen MR) is 29.0 cm³/mol. The van der Waals surface area contributed by atoms with Crippen LogP contribution in [-0.4, -0.2) is 18.1 Å². The van der Waals surface area contributed by atoms with Gasteiger partial charge in [0.1, 0.15) is 0 Å². The lowest BCUT2D eigenvalue weighted by atomic mass is 10.4. The zero-order valence-corrected chi connectivity index (χ0v) is 5.33. The molecule has 0 rings (SSSR count). The summed E-state index contributed by atoms with van der Waals surface area (Å²) in [6, 6.07) is -0.728. The molecule has 59 valence electrons. The summed E-state index contributed by atoms with van der Waals surface area (Å²) in [6.45, 7) is 4.51. The van der Waals surface area contributed by atoms with Gasteiger partial charge >= 0.3 is 12.1 Å². The highest BCUT2D eigenvalue weighted by molar-refractivity contribution is 5.81. The zero-order valence-electron chi connectivity index (χ0n) is 5.33. The monoisotopic (exact) mass is 154 g/mol. The van der Waals surface area contributed by atoms with E-state index in [1.807, 2.05) is 0 Å². The van der Waals surface area contributed by atoms with Gasteiger partial charge in [-0.05, 0) is 13.8 Å². The molecule has 0 aromatic heterocycles. The summed E-state index contributed by atoms with van der Waals surface area (Å²) < 4.78 is 34.1. The molecule has 0 bridgehead atoms. The molecule has 0 aromatic carbocycles. The molecule has 10 heavy (non-hydrogen) atoms. The molecule has 0 saturated heterocycles. The van der Waals surface area contributed by atoms with Crippen molar-refractivity contribution in [2.24, 2.45) is 0 Å². The lowest BCUT2D eigenvalue weighted by Crippen LogP contribution is -2.40. The molecule has 0 aliphatic heterocycles. The van der Waals surface area contributed by atoms with Crippen LogP contribution in [0.2, 0.25) is 0 Å². The van der Waals surface area contributed by atoms with E-state index in [1.165, 1.54) is 6.92 Å². The number of halogens is 3. The number of hydrogen-bond acceptors (Lipinski definition) is 1. The van der Waals surface area contributed by atoms with Crippen molar-refractivity contribution < 1.29 is 18.0 Å². The van der Waals surface area contributed by atoms with Crippen molar-refractivity contribution in [3.63, 3.8) is 0 Å². The van der Waals surface area contributed by atoms with Gasteiger partial charge in [-0.2, -0.15) is 13.2 Å². The van der Waals surface area contributed by atoms with E-state index in [1.54, 1.807) is 5.32 Å². The van der Waals surface area contributed by atoms with Gasteiger partial charge < -0.3 is 5.32 Å². The van der Waals surface area contributed by atoms with Crippen LogP contribution in [0.4, 0.5) is 13.2 Å². The molecule has 0 aromatic rings. The first-order valence-electron chi connectivity index (χ1n) is 2.55. The number of hydrogen-bond donors (Lipinski definition) is 1. The highest BCUT2D eigenvalue weighted by Gasteiger charge is 2.38. The SMILES string of the molecule is [CH2]C(C)NC(=O)C(F)(F)F. The third-order valence-electron chi connectivity index (χ3n) is 0.635. The molecule has 1 unspecified atom stereocenters. The molecule has 0 aliphatic rings. The minimum atomic E-state index is -4.80. The van der Waals surface area contributed by atoms with Gasteiger partial charge in [-0.15, -0.1) is 0 Å². The third kappa shape index (κ3) is 3.32. The number of carbonyl (C=O) groups excluding carboxylic acids is 1. The van der Waals surface area contributed by atoms with E-state index in [0.29, 0.717) is 0 Å². The molecular formula is C5H7F3NO. The molecule has 5 heteroatoms. The molecule has 1 N–H and O–H groups in total. The fourth-order valence-electron chi connectivity index (χ4n) is 0.306. The average Bonchev–Trinajstić information content (AvgIpc) is 1.60. The van der Waals surface area contributed by atoms with Crippen molar-refractivity contribution in [2.45, 2.75) is 19.1 Å². The normalized spacial score (nSPS) is 11.8. The van der Waals surface area contributed by atoms with E-state index in [4.69, 9.17) is 0 Å². The van der Waals surface area contributed by atoms with Gasteiger partial charge in [-0.3, -0.25) is 4.79 Å². The molecule has 1 radical (unpaired) electrons. The van der Waals surface area contributed by atoms with Crippen LogP contribution < -0.4 is 5.32 Å². The van der Waals surface area contributed by atoms with Crippen molar-refractivity contribution >= 4 is 5.91 Å². The molecule has 1 atom stereocenters. The molecule has 0 saturated carbocycles. The summed E-state index contributed by atoms with van der Waals surface area (Å²) in [7, 11) is 0. The quantitative estimate of drug-likeness (QED) is 0.597. The Bertz CT molecular complexity index is 129. The largest absolute Gasteiger partial charge is 0.471 e. The fourth-order valence-corrected chi connectivity index (χ4v) is 0.306. The van der Waals surface area contributed by atoms with E-state index in [-0.39, 0.29) is 0 Å². The van der Waals surface area contributed by atoms with Gasteiger partial charge in [0.05, 0.1) is 0 Å². The summed E-state index contributed by atoms with van der Waals surface area (Å²) in [6.07, 6.45) is -4.80. The Morgan fingerprint density at radius 1 is 1.60 bits per heavy atom. The number of alkyl halides is 3. The van der Waals surface area contributed by atoms with Crippen LogP contribution >= 0.6 is 0 Å². The first-order chi connectivity index (χ1) is 4.34. The molecular weight excluding hydrogens is 147 g/mol. The highest BCUT2D eigenvalue weighted by Crippen LogP contribution is 2.14. The van der Waals surface area contributed by atoms with Crippen LogP contribution in [-0.2, 0) is 4.79 Å². The number of carbonyl (C=O) groups is 1. The Morgan fingerprint density at radius 3 is 2.10 bits per heavy atom. The maximum absolute atomic E-state index is 11.4. The first kappa shape index (κ1) is 9.26. The van der Waals surface area contributed by atoms with Gasteiger partial charge in [-0.25, -0.2) is 0 Å². The van der Waals surface area contributed by atoms with Crippen molar-refractivity contribution in [1.82, 2.24) is 5.32 Å².